The van der Waals surface area contributed by atoms with Crippen LogP contribution >= 0.6 is 11.8 Å². The molecule has 0 unspecified atom stereocenters. The van der Waals surface area contributed by atoms with E-state index < -0.39 is 10.9 Å². The fourth-order valence-electron chi connectivity index (χ4n) is 2.23. The molecule has 0 bridgehead atoms. The summed E-state index contributed by atoms with van der Waals surface area (Å²) in [4.78, 5) is 26.1. The number of carbonyl (C=O) groups is 1. The SMILES string of the molecule is COC(=O)c1cnc(SC2CCCCC2)c([N+](=O)[O-])c1. The summed E-state index contributed by atoms with van der Waals surface area (Å²) in [6.45, 7) is 0. The molecule has 0 saturated heterocycles. The van der Waals surface area contributed by atoms with Gasteiger partial charge in [-0.15, -0.1) is 0 Å². The summed E-state index contributed by atoms with van der Waals surface area (Å²) < 4.78 is 4.55. The van der Waals surface area contributed by atoms with Crippen molar-refractivity contribution in [2.45, 2.75) is 42.4 Å². The Balaban J connectivity index is 2.23. The van der Waals surface area contributed by atoms with Crippen LogP contribution in [-0.4, -0.2) is 28.2 Å². The molecule has 0 aliphatic heterocycles. The van der Waals surface area contributed by atoms with Crippen LogP contribution in [0.2, 0.25) is 0 Å². The summed E-state index contributed by atoms with van der Waals surface area (Å²) >= 11 is 1.44. The number of rotatable bonds is 4. The number of esters is 1. The van der Waals surface area contributed by atoms with E-state index in [0.717, 1.165) is 25.7 Å². The second-order valence-corrected chi connectivity index (χ2v) is 5.96. The monoisotopic (exact) mass is 296 g/mol. The van der Waals surface area contributed by atoms with Crippen LogP contribution < -0.4 is 0 Å². The van der Waals surface area contributed by atoms with Crippen molar-refractivity contribution < 1.29 is 14.5 Å². The molecule has 1 saturated carbocycles. The van der Waals surface area contributed by atoms with Crippen LogP contribution in [0.1, 0.15) is 42.5 Å². The maximum Gasteiger partial charge on any atom is 0.339 e. The van der Waals surface area contributed by atoms with Crippen LogP contribution in [0.3, 0.4) is 0 Å². The Labute approximate surface area is 121 Å². The molecule has 1 aromatic heterocycles. The number of pyridine rings is 1. The Bertz CT molecular complexity index is 515. The maximum absolute atomic E-state index is 11.4. The van der Waals surface area contributed by atoms with Gasteiger partial charge in [-0.3, -0.25) is 10.1 Å². The molecule has 1 aliphatic rings. The highest BCUT2D eigenvalue weighted by Crippen LogP contribution is 2.37. The molecule has 0 N–H and O–H groups in total. The fraction of sp³-hybridized carbons (Fsp3) is 0.538. The van der Waals surface area contributed by atoms with Gasteiger partial charge in [-0.2, -0.15) is 0 Å². The van der Waals surface area contributed by atoms with E-state index in [1.54, 1.807) is 0 Å². The number of hydrogen-bond donors (Lipinski definition) is 0. The van der Waals surface area contributed by atoms with Gasteiger partial charge < -0.3 is 4.74 Å². The molecule has 0 amide bonds. The Kier molecular flexibility index (Phi) is 4.94. The zero-order valence-electron chi connectivity index (χ0n) is 11.2. The zero-order chi connectivity index (χ0) is 14.5. The highest BCUT2D eigenvalue weighted by molar-refractivity contribution is 8.00. The average Bonchev–Trinajstić information content (AvgIpc) is 2.47. The number of nitro groups is 1. The minimum Gasteiger partial charge on any atom is -0.465 e. The van der Waals surface area contributed by atoms with Crippen molar-refractivity contribution in [3.05, 3.63) is 27.9 Å². The molecule has 0 spiro atoms. The lowest BCUT2D eigenvalue weighted by Gasteiger charge is -2.20. The van der Waals surface area contributed by atoms with Crippen molar-refractivity contribution in [1.29, 1.82) is 0 Å². The molecule has 6 nitrogen and oxygen atoms in total. The van der Waals surface area contributed by atoms with Gasteiger partial charge in [-0.05, 0) is 12.8 Å². The topological polar surface area (TPSA) is 82.3 Å². The zero-order valence-corrected chi connectivity index (χ0v) is 12.0. The largest absolute Gasteiger partial charge is 0.465 e. The predicted octanol–water partition coefficient (Wildman–Crippen LogP) is 3.20. The van der Waals surface area contributed by atoms with E-state index in [1.807, 2.05) is 0 Å². The molecule has 108 valence electrons. The van der Waals surface area contributed by atoms with E-state index in [1.165, 1.54) is 37.6 Å². The van der Waals surface area contributed by atoms with Crippen LogP contribution in [0.25, 0.3) is 0 Å². The van der Waals surface area contributed by atoms with Gasteiger partial charge in [0.25, 0.3) is 0 Å². The summed E-state index contributed by atoms with van der Waals surface area (Å²) in [5.41, 5.74) is -0.0179. The molecule has 0 atom stereocenters. The van der Waals surface area contributed by atoms with Gasteiger partial charge in [0.05, 0.1) is 17.6 Å². The van der Waals surface area contributed by atoms with Gasteiger partial charge in [-0.1, -0.05) is 31.0 Å². The van der Waals surface area contributed by atoms with Crippen LogP contribution in [0.5, 0.6) is 0 Å². The van der Waals surface area contributed by atoms with Crippen molar-refractivity contribution in [2.75, 3.05) is 7.11 Å². The van der Waals surface area contributed by atoms with Crippen LogP contribution in [0.15, 0.2) is 17.3 Å². The van der Waals surface area contributed by atoms with Gasteiger partial charge in [0.2, 0.25) is 0 Å². The third-order valence-electron chi connectivity index (χ3n) is 3.28. The van der Waals surface area contributed by atoms with Crippen molar-refractivity contribution in [3.8, 4) is 0 Å². The molecular weight excluding hydrogens is 280 g/mol. The van der Waals surface area contributed by atoms with Gasteiger partial charge in [0.15, 0.2) is 5.03 Å². The van der Waals surface area contributed by atoms with E-state index in [9.17, 15) is 14.9 Å². The molecular formula is C13H16N2O4S. The highest BCUT2D eigenvalue weighted by Gasteiger charge is 2.24. The van der Waals surface area contributed by atoms with E-state index in [2.05, 4.69) is 9.72 Å². The third kappa shape index (κ3) is 3.47. The molecule has 1 aliphatic carbocycles. The first kappa shape index (κ1) is 14.8. The van der Waals surface area contributed by atoms with Gasteiger partial charge in [0.1, 0.15) is 0 Å². The number of thioether (sulfide) groups is 1. The first-order valence-corrected chi connectivity index (χ1v) is 7.39. The summed E-state index contributed by atoms with van der Waals surface area (Å²) in [6.07, 6.45) is 7.00. The first-order valence-electron chi connectivity index (χ1n) is 6.51. The summed E-state index contributed by atoms with van der Waals surface area (Å²) in [7, 11) is 1.23. The summed E-state index contributed by atoms with van der Waals surface area (Å²) in [5.74, 6) is -0.616. The highest BCUT2D eigenvalue weighted by atomic mass is 32.2. The standard InChI is InChI=1S/C13H16N2O4S/c1-19-13(16)9-7-11(15(17)18)12(14-8-9)20-10-5-3-2-4-6-10/h7-8,10H,2-6H2,1H3. The van der Waals surface area contributed by atoms with Gasteiger partial charge >= 0.3 is 11.7 Å². The smallest absolute Gasteiger partial charge is 0.339 e. The van der Waals surface area contributed by atoms with E-state index in [-0.39, 0.29) is 11.3 Å². The Morgan fingerprint density at radius 2 is 2.15 bits per heavy atom. The van der Waals surface area contributed by atoms with Crippen LogP contribution in [-0.2, 0) is 4.74 Å². The van der Waals surface area contributed by atoms with Crippen molar-refractivity contribution in [3.63, 3.8) is 0 Å². The van der Waals surface area contributed by atoms with Crippen LogP contribution in [0.4, 0.5) is 5.69 Å². The van der Waals surface area contributed by atoms with Gasteiger partial charge in [0, 0.05) is 17.5 Å². The number of hydrogen-bond acceptors (Lipinski definition) is 6. The molecule has 0 radical (unpaired) electrons. The second kappa shape index (κ2) is 6.69. The molecule has 1 heterocycles. The number of ether oxygens (including phenoxy) is 1. The number of carbonyl (C=O) groups excluding carboxylic acids is 1. The lowest BCUT2D eigenvalue weighted by Crippen LogP contribution is -2.10. The molecule has 7 heteroatoms. The van der Waals surface area contributed by atoms with Crippen molar-refractivity contribution in [2.24, 2.45) is 0 Å². The fourth-order valence-corrected chi connectivity index (χ4v) is 3.49. The lowest BCUT2D eigenvalue weighted by atomic mass is 10.0. The van der Waals surface area contributed by atoms with E-state index in [0.29, 0.717) is 10.3 Å². The number of aromatic nitrogens is 1. The molecule has 2 rings (SSSR count). The molecule has 20 heavy (non-hydrogen) atoms. The minimum absolute atomic E-state index is 0.104. The summed E-state index contributed by atoms with van der Waals surface area (Å²) in [5, 5.41) is 11.9. The normalized spacial score (nSPS) is 15.8. The van der Waals surface area contributed by atoms with E-state index in [4.69, 9.17) is 0 Å². The van der Waals surface area contributed by atoms with Crippen molar-refractivity contribution in [1.82, 2.24) is 4.98 Å². The maximum atomic E-state index is 11.4. The molecule has 0 aromatic carbocycles. The molecule has 1 aromatic rings. The second-order valence-electron chi connectivity index (χ2n) is 4.67. The minimum atomic E-state index is -0.616. The molecule has 1 fully saturated rings. The van der Waals surface area contributed by atoms with E-state index >= 15 is 0 Å². The predicted molar refractivity (Wildman–Crippen MR) is 75.0 cm³/mol. The number of methoxy groups -OCH3 is 1. The quantitative estimate of drug-likeness (QED) is 0.482. The number of nitrogens with zero attached hydrogens (tertiary/aromatic N) is 2. The lowest BCUT2D eigenvalue weighted by molar-refractivity contribution is -0.388. The van der Waals surface area contributed by atoms with Crippen LogP contribution in [0, 0.1) is 10.1 Å². The summed E-state index contributed by atoms with van der Waals surface area (Å²) in [6, 6.07) is 1.24. The Hall–Kier alpha value is -1.63. The van der Waals surface area contributed by atoms with Gasteiger partial charge in [-0.25, -0.2) is 9.78 Å². The average molecular weight is 296 g/mol. The first-order chi connectivity index (χ1) is 9.61. The van der Waals surface area contributed by atoms with Crippen molar-refractivity contribution >= 4 is 23.4 Å². The third-order valence-corrected chi connectivity index (χ3v) is 4.62. The Morgan fingerprint density at radius 3 is 2.75 bits per heavy atom. The Morgan fingerprint density at radius 1 is 1.45 bits per heavy atom.